The van der Waals surface area contributed by atoms with Gasteiger partial charge < -0.3 is 19.5 Å². The highest BCUT2D eigenvalue weighted by molar-refractivity contribution is 5.26. The average Bonchev–Trinajstić information content (AvgIpc) is 2.49. The fourth-order valence-corrected chi connectivity index (χ4v) is 1.94. The van der Waals surface area contributed by atoms with E-state index in [1.165, 1.54) is 0 Å². The number of rotatable bonds is 10. The molecule has 0 aliphatic heterocycles. The number of nitrogens with zero attached hydrogens (tertiary/aromatic N) is 1. The first-order valence-corrected chi connectivity index (χ1v) is 7.13. The van der Waals surface area contributed by atoms with E-state index in [0.717, 1.165) is 30.7 Å². The van der Waals surface area contributed by atoms with Crippen molar-refractivity contribution >= 4 is 0 Å². The zero-order chi connectivity index (χ0) is 14.8. The van der Waals surface area contributed by atoms with Crippen LogP contribution in [0.2, 0.25) is 0 Å². The van der Waals surface area contributed by atoms with Gasteiger partial charge in [-0.3, -0.25) is 4.98 Å². The van der Waals surface area contributed by atoms with E-state index in [4.69, 9.17) is 14.2 Å². The Hall–Kier alpha value is -1.17. The fourth-order valence-electron chi connectivity index (χ4n) is 1.94. The van der Waals surface area contributed by atoms with Crippen molar-refractivity contribution in [1.29, 1.82) is 0 Å². The van der Waals surface area contributed by atoms with E-state index in [0.29, 0.717) is 6.61 Å². The van der Waals surface area contributed by atoms with Crippen molar-refractivity contribution in [2.75, 3.05) is 27.4 Å². The Balaban J connectivity index is 2.87. The second-order valence-electron chi connectivity index (χ2n) is 4.57. The molecule has 0 spiro atoms. The molecule has 0 amide bonds. The van der Waals surface area contributed by atoms with E-state index in [9.17, 15) is 0 Å². The van der Waals surface area contributed by atoms with E-state index in [-0.39, 0.29) is 12.3 Å². The molecule has 0 aliphatic rings. The Labute approximate surface area is 121 Å². The van der Waals surface area contributed by atoms with Crippen molar-refractivity contribution in [3.63, 3.8) is 0 Å². The number of methoxy groups -OCH3 is 2. The van der Waals surface area contributed by atoms with Gasteiger partial charge in [-0.05, 0) is 31.0 Å². The standard InChI is InChI=1S/C15H26N2O3/c1-5-7-17-14(15(18-3)19-4)12-9-13(11-16-10-12)20-8-6-2/h9-11,14-15,17H,5-8H2,1-4H3. The summed E-state index contributed by atoms with van der Waals surface area (Å²) in [5.74, 6) is 0.776. The lowest BCUT2D eigenvalue weighted by molar-refractivity contribution is -0.124. The number of pyridine rings is 1. The molecule has 5 heteroatoms. The van der Waals surface area contributed by atoms with Gasteiger partial charge in [0.05, 0.1) is 18.8 Å². The van der Waals surface area contributed by atoms with Crippen LogP contribution >= 0.6 is 0 Å². The molecule has 1 atom stereocenters. The third-order valence-electron chi connectivity index (χ3n) is 2.92. The van der Waals surface area contributed by atoms with E-state index in [1.807, 2.05) is 12.3 Å². The Morgan fingerprint density at radius 2 is 1.90 bits per heavy atom. The number of nitrogens with one attached hydrogen (secondary N) is 1. The zero-order valence-corrected chi connectivity index (χ0v) is 12.9. The molecule has 1 rings (SSSR count). The molecule has 0 bridgehead atoms. The second-order valence-corrected chi connectivity index (χ2v) is 4.57. The van der Waals surface area contributed by atoms with Gasteiger partial charge in [-0.25, -0.2) is 0 Å². The van der Waals surface area contributed by atoms with Gasteiger partial charge >= 0.3 is 0 Å². The van der Waals surface area contributed by atoms with Gasteiger partial charge in [0, 0.05) is 20.4 Å². The minimum Gasteiger partial charge on any atom is -0.492 e. The zero-order valence-electron chi connectivity index (χ0n) is 12.9. The first-order chi connectivity index (χ1) is 9.76. The van der Waals surface area contributed by atoms with Crippen LogP contribution in [0.5, 0.6) is 5.75 Å². The van der Waals surface area contributed by atoms with Crippen LogP contribution in [0, 0.1) is 0 Å². The molecule has 1 N–H and O–H groups in total. The minimum absolute atomic E-state index is 0.0670. The summed E-state index contributed by atoms with van der Waals surface area (Å²) < 4.78 is 16.4. The van der Waals surface area contributed by atoms with Gasteiger partial charge in [-0.15, -0.1) is 0 Å². The maximum Gasteiger partial charge on any atom is 0.176 e. The van der Waals surface area contributed by atoms with Gasteiger partial charge in [-0.2, -0.15) is 0 Å². The van der Waals surface area contributed by atoms with E-state index in [2.05, 4.69) is 24.1 Å². The van der Waals surface area contributed by atoms with Crippen LogP contribution in [0.3, 0.4) is 0 Å². The molecule has 1 unspecified atom stereocenters. The monoisotopic (exact) mass is 282 g/mol. The summed E-state index contributed by atoms with van der Waals surface area (Å²) in [4.78, 5) is 4.24. The largest absolute Gasteiger partial charge is 0.492 e. The predicted octanol–water partition coefficient (Wildman–Crippen LogP) is 2.53. The highest BCUT2D eigenvalue weighted by Gasteiger charge is 2.23. The molecule has 0 aliphatic carbocycles. The molecule has 0 fully saturated rings. The van der Waals surface area contributed by atoms with Gasteiger partial charge in [0.25, 0.3) is 0 Å². The third kappa shape index (κ3) is 5.07. The van der Waals surface area contributed by atoms with Crippen LogP contribution in [0.25, 0.3) is 0 Å². The van der Waals surface area contributed by atoms with Crippen LogP contribution < -0.4 is 10.1 Å². The van der Waals surface area contributed by atoms with Crippen LogP contribution in [0.15, 0.2) is 18.5 Å². The van der Waals surface area contributed by atoms with Gasteiger partial charge in [0.2, 0.25) is 0 Å². The molecule has 0 radical (unpaired) electrons. The fraction of sp³-hybridized carbons (Fsp3) is 0.667. The number of ether oxygens (including phenoxy) is 3. The van der Waals surface area contributed by atoms with Crippen molar-refractivity contribution in [1.82, 2.24) is 10.3 Å². The summed E-state index contributed by atoms with van der Waals surface area (Å²) in [5, 5.41) is 3.43. The van der Waals surface area contributed by atoms with Crippen LogP contribution in [-0.2, 0) is 9.47 Å². The van der Waals surface area contributed by atoms with Crippen LogP contribution in [0.4, 0.5) is 0 Å². The maximum atomic E-state index is 5.63. The molecule has 114 valence electrons. The van der Waals surface area contributed by atoms with E-state index >= 15 is 0 Å². The molecule has 20 heavy (non-hydrogen) atoms. The predicted molar refractivity (Wildman–Crippen MR) is 78.9 cm³/mol. The van der Waals surface area contributed by atoms with E-state index in [1.54, 1.807) is 20.4 Å². The normalized spacial score (nSPS) is 12.7. The SMILES string of the molecule is CCCNC(c1cncc(OCCC)c1)C(OC)OC. The molecule has 1 heterocycles. The Morgan fingerprint density at radius 3 is 2.50 bits per heavy atom. The summed E-state index contributed by atoms with van der Waals surface area (Å²) in [5.41, 5.74) is 1.00. The molecule has 0 saturated heterocycles. The molecule has 5 nitrogen and oxygen atoms in total. The molecular formula is C15H26N2O3. The summed E-state index contributed by atoms with van der Waals surface area (Å²) in [7, 11) is 3.28. The highest BCUT2D eigenvalue weighted by Crippen LogP contribution is 2.22. The van der Waals surface area contributed by atoms with Gasteiger partial charge in [0.15, 0.2) is 6.29 Å². The summed E-state index contributed by atoms with van der Waals surface area (Å²) >= 11 is 0. The lowest BCUT2D eigenvalue weighted by Gasteiger charge is -2.26. The van der Waals surface area contributed by atoms with Crippen molar-refractivity contribution < 1.29 is 14.2 Å². The first-order valence-electron chi connectivity index (χ1n) is 7.13. The number of aromatic nitrogens is 1. The second kappa shape index (κ2) is 9.69. The summed E-state index contributed by atoms with van der Waals surface area (Å²) in [6.07, 6.45) is 5.20. The third-order valence-corrected chi connectivity index (χ3v) is 2.92. The lowest BCUT2D eigenvalue weighted by atomic mass is 10.1. The van der Waals surface area contributed by atoms with Gasteiger partial charge in [0.1, 0.15) is 5.75 Å². The summed E-state index contributed by atoms with van der Waals surface area (Å²) in [6.45, 7) is 5.77. The Kier molecular flexibility index (Phi) is 8.18. The van der Waals surface area contributed by atoms with Gasteiger partial charge in [-0.1, -0.05) is 13.8 Å². The molecular weight excluding hydrogens is 256 g/mol. The van der Waals surface area contributed by atoms with Crippen molar-refractivity contribution in [2.45, 2.75) is 39.0 Å². The van der Waals surface area contributed by atoms with Crippen molar-refractivity contribution in [3.05, 3.63) is 24.0 Å². The first kappa shape index (κ1) is 16.9. The topological polar surface area (TPSA) is 52.6 Å². The average molecular weight is 282 g/mol. The van der Waals surface area contributed by atoms with Crippen molar-refractivity contribution in [3.8, 4) is 5.75 Å². The quantitative estimate of drug-likeness (QED) is 0.668. The highest BCUT2D eigenvalue weighted by atomic mass is 16.7. The molecule has 1 aromatic rings. The van der Waals surface area contributed by atoms with E-state index < -0.39 is 0 Å². The lowest BCUT2D eigenvalue weighted by Crippen LogP contribution is -2.35. The summed E-state index contributed by atoms with van der Waals surface area (Å²) in [6, 6.07) is 1.92. The Bertz CT molecular complexity index is 370. The minimum atomic E-state index is -0.357. The smallest absolute Gasteiger partial charge is 0.176 e. The molecule has 1 aromatic heterocycles. The van der Waals surface area contributed by atoms with Crippen molar-refractivity contribution in [2.24, 2.45) is 0 Å². The van der Waals surface area contributed by atoms with Crippen LogP contribution in [0.1, 0.15) is 38.3 Å². The molecule has 0 aromatic carbocycles. The maximum absolute atomic E-state index is 5.63. The van der Waals surface area contributed by atoms with Crippen LogP contribution in [-0.4, -0.2) is 38.6 Å². The number of hydrogen-bond acceptors (Lipinski definition) is 5. The molecule has 0 saturated carbocycles. The Morgan fingerprint density at radius 1 is 1.15 bits per heavy atom. The number of hydrogen-bond donors (Lipinski definition) is 1.